The highest BCUT2D eigenvalue weighted by Crippen LogP contribution is 2.27. The minimum Gasteiger partial charge on any atom is -0.490 e. The Balaban J connectivity index is 1.07. The second kappa shape index (κ2) is 11.8. The van der Waals surface area contributed by atoms with Crippen molar-refractivity contribution in [1.29, 1.82) is 0 Å². The van der Waals surface area contributed by atoms with Gasteiger partial charge in [0.25, 0.3) is 5.24 Å². The molecule has 1 saturated carbocycles. The van der Waals surface area contributed by atoms with E-state index in [1.165, 1.54) is 12.8 Å². The van der Waals surface area contributed by atoms with Crippen molar-refractivity contribution in [3.05, 3.63) is 48.5 Å². The molecule has 0 radical (unpaired) electrons. The van der Waals surface area contributed by atoms with Gasteiger partial charge in [0, 0.05) is 37.2 Å². The summed E-state index contributed by atoms with van der Waals surface area (Å²) in [5.74, 6) is 1.25. The number of nitrogens with one attached hydrogen (secondary N) is 3. The van der Waals surface area contributed by atoms with E-state index >= 15 is 0 Å². The van der Waals surface area contributed by atoms with Gasteiger partial charge in [0.05, 0.1) is 17.9 Å². The number of hydrogen-bond donors (Lipinski definition) is 3. The molecule has 0 aromatic heterocycles. The zero-order chi connectivity index (χ0) is 26.5. The summed E-state index contributed by atoms with van der Waals surface area (Å²) in [5.41, 5.74) is 2.38. The lowest BCUT2D eigenvalue weighted by Gasteiger charge is -2.26. The molecular weight excluding hydrogens is 506 g/mol. The Morgan fingerprint density at radius 3 is 2.29 bits per heavy atom. The number of carbonyl (C=O) groups is 3. The summed E-state index contributed by atoms with van der Waals surface area (Å²) >= 11 is 1.11. The van der Waals surface area contributed by atoms with Gasteiger partial charge in [0.1, 0.15) is 5.75 Å². The minimum atomic E-state index is -0.577. The Kier molecular flexibility index (Phi) is 8.11. The highest BCUT2D eigenvalue weighted by atomic mass is 32.2. The normalized spacial score (nSPS) is 21.2. The van der Waals surface area contributed by atoms with Crippen molar-refractivity contribution in [1.82, 2.24) is 10.2 Å². The first-order valence-electron chi connectivity index (χ1n) is 13.0. The Bertz CT molecular complexity index is 1140. The van der Waals surface area contributed by atoms with E-state index in [0.29, 0.717) is 29.8 Å². The van der Waals surface area contributed by atoms with E-state index in [2.05, 4.69) is 20.9 Å². The molecule has 0 bridgehead atoms. The Morgan fingerprint density at radius 2 is 1.66 bits per heavy atom. The minimum absolute atomic E-state index is 0.00536. The molecule has 202 valence electrons. The third kappa shape index (κ3) is 6.63. The van der Waals surface area contributed by atoms with Gasteiger partial charge in [-0.1, -0.05) is 11.8 Å². The van der Waals surface area contributed by atoms with Gasteiger partial charge in [0.15, 0.2) is 6.23 Å². The van der Waals surface area contributed by atoms with Crippen molar-refractivity contribution >= 4 is 46.2 Å². The highest BCUT2D eigenvalue weighted by molar-refractivity contribution is 8.13. The molecule has 2 aromatic carbocycles. The number of rotatable bonds is 7. The number of urea groups is 1. The number of nitrogens with zero attached hydrogens (tertiary/aromatic N) is 2. The maximum absolute atomic E-state index is 12.5. The maximum Gasteiger partial charge on any atom is 0.411 e. The molecule has 2 aromatic rings. The molecule has 1 aliphatic carbocycles. The predicted molar refractivity (Wildman–Crippen MR) is 148 cm³/mol. The van der Waals surface area contributed by atoms with Crippen LogP contribution in [0.15, 0.2) is 48.5 Å². The van der Waals surface area contributed by atoms with Gasteiger partial charge in [-0.15, -0.1) is 0 Å². The van der Waals surface area contributed by atoms with E-state index in [4.69, 9.17) is 9.47 Å². The molecule has 2 saturated heterocycles. The molecule has 2 aliphatic heterocycles. The summed E-state index contributed by atoms with van der Waals surface area (Å²) in [4.78, 5) is 40.0. The van der Waals surface area contributed by atoms with Crippen LogP contribution in [-0.2, 0) is 4.74 Å². The molecule has 2 atom stereocenters. The monoisotopic (exact) mass is 539 g/mol. The Labute approximate surface area is 226 Å². The third-order valence-electron chi connectivity index (χ3n) is 7.09. The van der Waals surface area contributed by atoms with E-state index in [1.54, 1.807) is 11.9 Å². The van der Waals surface area contributed by atoms with Crippen LogP contribution in [0.2, 0.25) is 0 Å². The van der Waals surface area contributed by atoms with Crippen molar-refractivity contribution in [3.63, 3.8) is 0 Å². The van der Waals surface area contributed by atoms with Crippen LogP contribution in [0.25, 0.3) is 0 Å². The SMILES string of the molecule is CN(C(=O)OC1CSC(=O)N1)C1CCN(c2ccc(NC(=O)Nc3ccc(OC4CCCC4)cc3)cc2)C1. The fourth-order valence-corrected chi connectivity index (χ4v) is 5.61. The van der Waals surface area contributed by atoms with Crippen molar-refractivity contribution in [2.24, 2.45) is 0 Å². The average Bonchev–Trinajstić information content (AvgIpc) is 3.68. The number of hydrogen-bond acceptors (Lipinski definition) is 7. The maximum atomic E-state index is 12.5. The molecule has 3 N–H and O–H groups in total. The lowest BCUT2D eigenvalue weighted by molar-refractivity contribution is 0.0640. The van der Waals surface area contributed by atoms with Crippen molar-refractivity contribution < 1.29 is 23.9 Å². The molecule has 5 rings (SSSR count). The van der Waals surface area contributed by atoms with E-state index in [-0.39, 0.29) is 17.3 Å². The summed E-state index contributed by atoms with van der Waals surface area (Å²) in [6.07, 6.45) is 4.75. The standard InChI is InChI=1S/C27H33N5O5S/c1-31(27(35)37-24-17-38-26(34)30-24)21-14-15-32(16-21)20-10-6-18(7-11-20)28-25(33)29-19-8-12-23(13-9-19)36-22-4-2-3-5-22/h6-13,21-22,24H,2-5,14-17H2,1H3,(H,30,34)(H2,28,29,33). The topological polar surface area (TPSA) is 112 Å². The lowest BCUT2D eigenvalue weighted by atomic mass is 10.2. The van der Waals surface area contributed by atoms with Crippen LogP contribution in [0.1, 0.15) is 32.1 Å². The largest absolute Gasteiger partial charge is 0.490 e. The highest BCUT2D eigenvalue weighted by Gasteiger charge is 2.32. The van der Waals surface area contributed by atoms with Crippen LogP contribution >= 0.6 is 11.8 Å². The number of carbonyl (C=O) groups excluding carboxylic acids is 3. The Hall–Kier alpha value is -3.60. The molecule has 2 unspecified atom stereocenters. The van der Waals surface area contributed by atoms with Crippen LogP contribution < -0.4 is 25.6 Å². The number of benzene rings is 2. The number of amides is 4. The van der Waals surface area contributed by atoms with Crippen LogP contribution in [0.3, 0.4) is 0 Å². The van der Waals surface area contributed by atoms with Gasteiger partial charge in [-0.25, -0.2) is 9.59 Å². The number of likely N-dealkylation sites (N-methyl/N-ethyl adjacent to an activating group) is 1. The van der Waals surface area contributed by atoms with Gasteiger partial charge in [0.2, 0.25) is 0 Å². The van der Waals surface area contributed by atoms with Crippen molar-refractivity contribution in [3.8, 4) is 5.75 Å². The van der Waals surface area contributed by atoms with Crippen molar-refractivity contribution in [2.45, 2.75) is 50.5 Å². The summed E-state index contributed by atoms with van der Waals surface area (Å²) in [6, 6.07) is 14.8. The zero-order valence-electron chi connectivity index (χ0n) is 21.4. The smallest absolute Gasteiger partial charge is 0.411 e. The number of anilines is 3. The van der Waals surface area contributed by atoms with Crippen molar-refractivity contribution in [2.75, 3.05) is 41.4 Å². The second-order valence-corrected chi connectivity index (χ2v) is 10.8. The quantitative estimate of drug-likeness (QED) is 0.450. The van der Waals surface area contributed by atoms with E-state index in [1.807, 2.05) is 48.5 Å². The molecule has 0 spiro atoms. The van der Waals surface area contributed by atoms with Gasteiger partial charge in [-0.2, -0.15) is 0 Å². The van der Waals surface area contributed by atoms with Gasteiger partial charge >= 0.3 is 12.1 Å². The van der Waals surface area contributed by atoms with Crippen LogP contribution in [0, 0.1) is 0 Å². The molecular formula is C27H33N5O5S. The summed E-state index contributed by atoms with van der Waals surface area (Å²) in [6.45, 7) is 1.47. The van der Waals surface area contributed by atoms with Crippen LogP contribution in [0.4, 0.5) is 31.4 Å². The average molecular weight is 540 g/mol. The first-order chi connectivity index (χ1) is 18.4. The number of thioether (sulfide) groups is 1. The molecule has 4 amide bonds. The van der Waals surface area contributed by atoms with Gasteiger partial charge in [-0.05, 0) is 80.6 Å². The number of ether oxygens (including phenoxy) is 2. The predicted octanol–water partition coefficient (Wildman–Crippen LogP) is 5.08. The van der Waals surface area contributed by atoms with E-state index in [0.717, 1.165) is 49.0 Å². The molecule has 11 heteroatoms. The van der Waals surface area contributed by atoms with Crippen LogP contribution in [0.5, 0.6) is 5.75 Å². The summed E-state index contributed by atoms with van der Waals surface area (Å²) < 4.78 is 11.4. The molecule has 38 heavy (non-hydrogen) atoms. The molecule has 10 nitrogen and oxygen atoms in total. The lowest BCUT2D eigenvalue weighted by Crippen LogP contribution is -2.43. The summed E-state index contributed by atoms with van der Waals surface area (Å²) in [7, 11) is 1.72. The van der Waals surface area contributed by atoms with Gasteiger partial charge < -0.3 is 35.2 Å². The van der Waals surface area contributed by atoms with Crippen LogP contribution in [-0.4, -0.2) is 66.5 Å². The van der Waals surface area contributed by atoms with Gasteiger partial charge in [-0.3, -0.25) is 4.79 Å². The Morgan fingerprint density at radius 1 is 1.00 bits per heavy atom. The second-order valence-electron chi connectivity index (χ2n) is 9.79. The first-order valence-corrected chi connectivity index (χ1v) is 14.0. The third-order valence-corrected chi connectivity index (χ3v) is 7.94. The van der Waals surface area contributed by atoms with E-state index < -0.39 is 12.3 Å². The zero-order valence-corrected chi connectivity index (χ0v) is 22.2. The molecule has 3 fully saturated rings. The molecule has 3 aliphatic rings. The first kappa shape index (κ1) is 26.0. The molecule has 2 heterocycles. The fraction of sp³-hybridized carbons (Fsp3) is 0.444. The fourth-order valence-electron chi connectivity index (χ4n) is 4.94. The summed E-state index contributed by atoms with van der Waals surface area (Å²) in [5, 5.41) is 8.15. The van der Waals surface area contributed by atoms with E-state index in [9.17, 15) is 14.4 Å².